The Bertz CT molecular complexity index is 1240. The Labute approximate surface area is 189 Å². The Kier molecular flexibility index (Phi) is 5.91. The Morgan fingerprint density at radius 1 is 1.12 bits per heavy atom. The van der Waals surface area contributed by atoms with Crippen LogP contribution in [0.3, 0.4) is 0 Å². The molecule has 11 nitrogen and oxygen atoms in total. The quantitative estimate of drug-likeness (QED) is 0.430. The van der Waals surface area contributed by atoms with Gasteiger partial charge in [-0.3, -0.25) is 14.9 Å². The Morgan fingerprint density at radius 2 is 1.79 bits per heavy atom. The van der Waals surface area contributed by atoms with Crippen LogP contribution in [0.4, 0.5) is 11.4 Å². The number of nitro benzene ring substituents is 1. The first-order valence-electron chi connectivity index (χ1n) is 10.2. The molecule has 2 heterocycles. The average Bonchev–Trinajstić information content (AvgIpc) is 3.24. The van der Waals surface area contributed by atoms with Crippen LogP contribution in [0.5, 0.6) is 5.75 Å². The van der Waals surface area contributed by atoms with E-state index in [9.17, 15) is 14.9 Å². The monoisotopic (exact) mass is 447 g/mol. The van der Waals surface area contributed by atoms with Gasteiger partial charge >= 0.3 is 5.69 Å². The van der Waals surface area contributed by atoms with Gasteiger partial charge in [-0.2, -0.15) is 5.26 Å². The predicted octanol–water partition coefficient (Wildman–Crippen LogP) is 2.33. The summed E-state index contributed by atoms with van der Waals surface area (Å²) in [5, 5.41) is 28.3. The Morgan fingerprint density at radius 3 is 2.39 bits per heavy atom. The average molecular weight is 447 g/mol. The molecule has 0 bridgehead atoms. The van der Waals surface area contributed by atoms with Crippen molar-refractivity contribution < 1.29 is 14.5 Å². The number of methoxy groups -OCH3 is 1. The molecule has 0 atom stereocenters. The third kappa shape index (κ3) is 4.18. The van der Waals surface area contributed by atoms with Gasteiger partial charge in [0, 0.05) is 44.0 Å². The van der Waals surface area contributed by atoms with Crippen LogP contribution in [0.15, 0.2) is 42.5 Å². The summed E-state index contributed by atoms with van der Waals surface area (Å²) in [5.74, 6) is -0.000581. The van der Waals surface area contributed by atoms with Gasteiger partial charge < -0.3 is 14.5 Å². The standard InChI is InChI=1S/C22H21N7O4/c1-15-21(24-25-28(15)17-5-3-16(14-23)4-6-17)22(30)27-11-9-26(10-12-27)18-7-8-19(29(31)32)20(13-18)33-2/h3-8,13H,9-12H2,1-2H3. The van der Waals surface area contributed by atoms with E-state index in [1.54, 1.807) is 52.9 Å². The molecule has 1 aromatic heterocycles. The van der Waals surface area contributed by atoms with Gasteiger partial charge in [-0.15, -0.1) is 5.10 Å². The van der Waals surface area contributed by atoms with E-state index in [0.717, 1.165) is 11.4 Å². The van der Waals surface area contributed by atoms with Crippen LogP contribution in [0.25, 0.3) is 5.69 Å². The highest BCUT2D eigenvalue weighted by Gasteiger charge is 2.27. The second kappa shape index (κ2) is 8.96. The zero-order chi connectivity index (χ0) is 23.5. The number of carbonyl (C=O) groups is 1. The zero-order valence-electron chi connectivity index (χ0n) is 18.1. The van der Waals surface area contributed by atoms with Crippen LogP contribution < -0.4 is 9.64 Å². The van der Waals surface area contributed by atoms with Crippen molar-refractivity contribution in [2.75, 3.05) is 38.2 Å². The van der Waals surface area contributed by atoms with Gasteiger partial charge in [0.05, 0.1) is 35.0 Å². The first kappa shape index (κ1) is 21.8. The number of hydrogen-bond donors (Lipinski definition) is 0. The number of rotatable bonds is 5. The number of hydrogen-bond acceptors (Lipinski definition) is 8. The minimum absolute atomic E-state index is 0.0871. The van der Waals surface area contributed by atoms with Gasteiger partial charge in [0.2, 0.25) is 0 Å². The van der Waals surface area contributed by atoms with Crippen LogP contribution in [0.1, 0.15) is 21.7 Å². The molecule has 1 saturated heterocycles. The van der Waals surface area contributed by atoms with Crippen molar-refractivity contribution in [2.24, 2.45) is 0 Å². The Balaban J connectivity index is 1.45. The molecular weight excluding hydrogens is 426 g/mol. The molecule has 3 aromatic rings. The number of anilines is 1. The van der Waals surface area contributed by atoms with Crippen molar-refractivity contribution in [3.8, 4) is 17.5 Å². The van der Waals surface area contributed by atoms with Gasteiger partial charge in [-0.05, 0) is 37.3 Å². The lowest BCUT2D eigenvalue weighted by Crippen LogP contribution is -2.49. The summed E-state index contributed by atoms with van der Waals surface area (Å²) in [6, 6.07) is 13.7. The van der Waals surface area contributed by atoms with Crippen molar-refractivity contribution in [3.05, 3.63) is 69.5 Å². The van der Waals surface area contributed by atoms with Gasteiger partial charge in [0.1, 0.15) is 0 Å². The maximum absolute atomic E-state index is 13.1. The van der Waals surface area contributed by atoms with Gasteiger partial charge in [0.25, 0.3) is 5.91 Å². The summed E-state index contributed by atoms with van der Waals surface area (Å²) in [7, 11) is 1.40. The van der Waals surface area contributed by atoms with Gasteiger partial charge in [-0.1, -0.05) is 5.21 Å². The molecule has 4 rings (SSSR count). The molecule has 0 aliphatic carbocycles. The molecule has 0 unspecified atom stereocenters. The van der Waals surface area contributed by atoms with Crippen LogP contribution in [0.2, 0.25) is 0 Å². The summed E-state index contributed by atoms with van der Waals surface area (Å²) in [4.78, 5) is 27.5. The molecule has 1 fully saturated rings. The number of ether oxygens (including phenoxy) is 1. The maximum atomic E-state index is 13.1. The van der Waals surface area contributed by atoms with Crippen molar-refractivity contribution in [2.45, 2.75) is 6.92 Å². The molecule has 0 N–H and O–H groups in total. The van der Waals surface area contributed by atoms with E-state index in [-0.39, 0.29) is 23.0 Å². The van der Waals surface area contributed by atoms with Crippen LogP contribution >= 0.6 is 0 Å². The molecule has 0 spiro atoms. The molecular formula is C22H21N7O4. The second-order valence-corrected chi connectivity index (χ2v) is 7.49. The number of nitro groups is 1. The fourth-order valence-corrected chi connectivity index (χ4v) is 3.78. The number of amides is 1. The molecule has 1 aliphatic rings. The van der Waals surface area contributed by atoms with E-state index in [1.165, 1.54) is 13.2 Å². The lowest BCUT2D eigenvalue weighted by molar-refractivity contribution is -0.385. The lowest BCUT2D eigenvalue weighted by atomic mass is 10.2. The summed E-state index contributed by atoms with van der Waals surface area (Å²) in [6.45, 7) is 3.86. The molecule has 1 amide bonds. The number of nitriles is 1. The van der Waals surface area contributed by atoms with Crippen LogP contribution in [-0.2, 0) is 0 Å². The van der Waals surface area contributed by atoms with Crippen molar-refractivity contribution in [1.29, 1.82) is 5.26 Å². The highest BCUT2D eigenvalue weighted by Crippen LogP contribution is 2.31. The molecule has 2 aromatic carbocycles. The molecule has 11 heteroatoms. The molecule has 1 aliphatic heterocycles. The first-order chi connectivity index (χ1) is 15.9. The third-order valence-corrected chi connectivity index (χ3v) is 5.63. The third-order valence-electron chi connectivity index (χ3n) is 5.63. The van der Waals surface area contributed by atoms with Crippen LogP contribution in [0, 0.1) is 28.4 Å². The second-order valence-electron chi connectivity index (χ2n) is 7.49. The van der Waals surface area contributed by atoms with Gasteiger partial charge in [0.15, 0.2) is 11.4 Å². The topological polar surface area (TPSA) is 130 Å². The minimum atomic E-state index is -0.480. The lowest BCUT2D eigenvalue weighted by Gasteiger charge is -2.35. The van der Waals surface area contributed by atoms with E-state index in [2.05, 4.69) is 21.3 Å². The fraction of sp³-hybridized carbons (Fsp3) is 0.273. The fourth-order valence-electron chi connectivity index (χ4n) is 3.78. The summed E-state index contributed by atoms with van der Waals surface area (Å²) in [6.07, 6.45) is 0. The zero-order valence-corrected chi connectivity index (χ0v) is 18.1. The minimum Gasteiger partial charge on any atom is -0.490 e. The normalized spacial score (nSPS) is 13.5. The predicted molar refractivity (Wildman–Crippen MR) is 119 cm³/mol. The number of aromatic nitrogens is 3. The van der Waals surface area contributed by atoms with E-state index in [4.69, 9.17) is 10.00 Å². The van der Waals surface area contributed by atoms with E-state index in [0.29, 0.717) is 37.4 Å². The number of carbonyl (C=O) groups excluding carboxylic acids is 1. The van der Waals surface area contributed by atoms with E-state index >= 15 is 0 Å². The smallest absolute Gasteiger partial charge is 0.311 e. The first-order valence-corrected chi connectivity index (χ1v) is 10.2. The maximum Gasteiger partial charge on any atom is 0.311 e. The van der Waals surface area contributed by atoms with Crippen molar-refractivity contribution >= 4 is 17.3 Å². The van der Waals surface area contributed by atoms with Crippen LogP contribution in [-0.4, -0.2) is 64.0 Å². The highest BCUT2D eigenvalue weighted by atomic mass is 16.6. The SMILES string of the molecule is COc1cc(N2CCN(C(=O)c3nnn(-c4ccc(C#N)cc4)c3C)CC2)ccc1[N+](=O)[O-]. The van der Waals surface area contributed by atoms with E-state index < -0.39 is 4.92 Å². The summed E-state index contributed by atoms with van der Waals surface area (Å²) < 4.78 is 6.73. The summed E-state index contributed by atoms with van der Waals surface area (Å²) >= 11 is 0. The molecule has 168 valence electrons. The largest absolute Gasteiger partial charge is 0.490 e. The Hall–Kier alpha value is -4.46. The summed E-state index contributed by atoms with van der Waals surface area (Å²) in [5.41, 5.74) is 2.87. The van der Waals surface area contributed by atoms with Crippen molar-refractivity contribution in [1.82, 2.24) is 19.9 Å². The number of nitrogens with zero attached hydrogens (tertiary/aromatic N) is 7. The number of piperazine rings is 1. The molecule has 0 radical (unpaired) electrons. The molecule has 33 heavy (non-hydrogen) atoms. The van der Waals surface area contributed by atoms with Gasteiger partial charge in [-0.25, -0.2) is 4.68 Å². The highest BCUT2D eigenvalue weighted by molar-refractivity contribution is 5.93. The number of benzene rings is 2. The van der Waals surface area contributed by atoms with Crippen molar-refractivity contribution in [3.63, 3.8) is 0 Å². The molecule has 0 saturated carbocycles. The van der Waals surface area contributed by atoms with E-state index in [1.807, 2.05) is 0 Å².